The third-order valence-corrected chi connectivity index (χ3v) is 8.83. The molecule has 2 aliphatic heterocycles. The van der Waals surface area contributed by atoms with Crippen LogP contribution in [0.1, 0.15) is 22.3 Å². The van der Waals surface area contributed by atoms with Crippen molar-refractivity contribution in [1.29, 1.82) is 0 Å². The van der Waals surface area contributed by atoms with Crippen molar-refractivity contribution in [2.75, 3.05) is 39.1 Å². The number of fused-ring (bicyclic) bond motifs is 2. The number of phenolic OH excluding ortho intramolecular Hbond substituents is 1. The summed E-state index contributed by atoms with van der Waals surface area (Å²) in [4.78, 5) is 51.5. The molecular formula is C35H36F3N7O4. The average Bonchev–Trinajstić information content (AvgIpc) is 3.05. The van der Waals surface area contributed by atoms with Crippen LogP contribution in [0, 0.1) is 0 Å². The van der Waals surface area contributed by atoms with E-state index in [0.717, 1.165) is 22.5 Å². The molecule has 6 rings (SSSR count). The number of rotatable bonds is 7. The number of hydrazine groups is 1. The standard InChI is InChI=1S/C35H36F3N7O4/c1-41(2)32-25(17-23-8-5-7-11-28(23)40-32)19-43-20-30-44(29(33(43)48)16-22-12-14-26(46)15-13-22)31(47)21-42(3)45(30)34(49)39-18-24-9-4-6-10-27(24)35(36,37)38/h4-15,17,29-30,46H,16,18-21H2,1-3H3,(H,39,49)/t29-,30?/m0/s1. The van der Waals surface area contributed by atoms with Gasteiger partial charge in [-0.2, -0.15) is 13.2 Å². The molecule has 0 aliphatic carbocycles. The number of nitrogens with one attached hydrogen (secondary N) is 1. The van der Waals surface area contributed by atoms with Gasteiger partial charge < -0.3 is 25.1 Å². The van der Waals surface area contributed by atoms with E-state index in [-0.39, 0.29) is 49.2 Å². The van der Waals surface area contributed by atoms with Gasteiger partial charge in [-0.15, -0.1) is 0 Å². The van der Waals surface area contributed by atoms with Gasteiger partial charge >= 0.3 is 12.2 Å². The van der Waals surface area contributed by atoms with Crippen molar-refractivity contribution < 1.29 is 32.7 Å². The Bertz CT molecular complexity index is 1890. The third kappa shape index (κ3) is 6.81. The predicted molar refractivity (Wildman–Crippen MR) is 176 cm³/mol. The molecule has 14 heteroatoms. The molecule has 11 nitrogen and oxygen atoms in total. The fourth-order valence-electron chi connectivity index (χ4n) is 6.56. The van der Waals surface area contributed by atoms with Gasteiger partial charge in [-0.1, -0.05) is 48.5 Å². The molecule has 3 aromatic carbocycles. The molecule has 0 bridgehead atoms. The van der Waals surface area contributed by atoms with Gasteiger partial charge in [0.25, 0.3) is 0 Å². The lowest BCUT2D eigenvalue weighted by Crippen LogP contribution is -2.76. The normalized spacial score (nSPS) is 18.5. The first-order valence-electron chi connectivity index (χ1n) is 15.7. The molecule has 2 fully saturated rings. The molecule has 0 spiro atoms. The van der Waals surface area contributed by atoms with E-state index in [1.807, 2.05) is 49.3 Å². The second-order valence-electron chi connectivity index (χ2n) is 12.4. The van der Waals surface area contributed by atoms with Crippen LogP contribution in [-0.2, 0) is 35.3 Å². The van der Waals surface area contributed by atoms with Gasteiger partial charge in [-0.3, -0.25) is 9.59 Å². The Balaban J connectivity index is 1.36. The number of aromatic nitrogens is 1. The predicted octanol–water partition coefficient (Wildman–Crippen LogP) is 4.21. The summed E-state index contributed by atoms with van der Waals surface area (Å²) in [5.74, 6) is -0.0145. The molecule has 2 N–H and O–H groups in total. The summed E-state index contributed by atoms with van der Waals surface area (Å²) in [5, 5.41) is 16.1. The lowest BCUT2D eigenvalue weighted by Gasteiger charge is -2.54. The molecule has 1 unspecified atom stereocenters. The van der Waals surface area contributed by atoms with Gasteiger partial charge in [-0.25, -0.2) is 19.8 Å². The van der Waals surface area contributed by atoms with Crippen LogP contribution in [0.25, 0.3) is 10.9 Å². The highest BCUT2D eigenvalue weighted by Gasteiger charge is 2.51. The van der Waals surface area contributed by atoms with E-state index in [1.54, 1.807) is 24.1 Å². The van der Waals surface area contributed by atoms with E-state index in [0.29, 0.717) is 11.4 Å². The van der Waals surface area contributed by atoms with Crippen LogP contribution in [0.4, 0.5) is 23.8 Å². The van der Waals surface area contributed by atoms with Gasteiger partial charge in [0.05, 0.1) is 24.2 Å². The number of likely N-dealkylation sites (N-methyl/N-ethyl adjacent to an activating group) is 1. The van der Waals surface area contributed by atoms with Gasteiger partial charge in [0.15, 0.2) is 0 Å². The third-order valence-electron chi connectivity index (χ3n) is 8.83. The summed E-state index contributed by atoms with van der Waals surface area (Å²) in [6.07, 6.45) is -5.48. The zero-order valence-electron chi connectivity index (χ0n) is 27.2. The van der Waals surface area contributed by atoms with Gasteiger partial charge in [0.2, 0.25) is 11.8 Å². The molecule has 256 valence electrons. The number of aromatic hydroxyl groups is 1. The molecule has 3 heterocycles. The van der Waals surface area contributed by atoms with Crippen molar-refractivity contribution in [3.63, 3.8) is 0 Å². The number of amides is 4. The summed E-state index contributed by atoms with van der Waals surface area (Å²) < 4.78 is 41.1. The first-order chi connectivity index (χ1) is 23.3. The van der Waals surface area contributed by atoms with E-state index >= 15 is 0 Å². The fraction of sp³-hybridized carbons (Fsp3) is 0.314. The number of alkyl halides is 3. The Hall–Kier alpha value is -5.37. The van der Waals surface area contributed by atoms with Crippen molar-refractivity contribution in [2.24, 2.45) is 0 Å². The largest absolute Gasteiger partial charge is 0.508 e. The van der Waals surface area contributed by atoms with Crippen molar-refractivity contribution in [1.82, 2.24) is 30.1 Å². The lowest BCUT2D eigenvalue weighted by atomic mass is 9.98. The maximum atomic E-state index is 14.4. The monoisotopic (exact) mass is 675 g/mol. The molecule has 4 amide bonds. The van der Waals surface area contributed by atoms with E-state index in [4.69, 9.17) is 4.98 Å². The quantitative estimate of drug-likeness (QED) is 0.302. The van der Waals surface area contributed by atoms with Crippen LogP contribution in [0.3, 0.4) is 0 Å². The Kier molecular flexibility index (Phi) is 9.08. The Morgan fingerprint density at radius 1 is 1.00 bits per heavy atom. The first kappa shape index (κ1) is 33.5. The van der Waals surface area contributed by atoms with Crippen molar-refractivity contribution >= 4 is 34.6 Å². The van der Waals surface area contributed by atoms with Crippen LogP contribution in [0.5, 0.6) is 5.75 Å². The Labute approximate surface area is 281 Å². The SMILES string of the molecule is CN(C)c1nc2ccccc2cc1CN1CC2N(C(=O)CN(C)N2C(=O)NCc2ccccc2C(F)(F)F)[C@@H](Cc2ccc(O)cc2)C1=O. The number of carbonyl (C=O) groups excluding carboxylic acids is 3. The zero-order valence-corrected chi connectivity index (χ0v) is 27.2. The Morgan fingerprint density at radius 2 is 1.69 bits per heavy atom. The summed E-state index contributed by atoms with van der Waals surface area (Å²) >= 11 is 0. The van der Waals surface area contributed by atoms with E-state index in [2.05, 4.69) is 5.32 Å². The lowest BCUT2D eigenvalue weighted by molar-refractivity contribution is -0.187. The van der Waals surface area contributed by atoms with Crippen LogP contribution in [-0.4, -0.2) is 94.2 Å². The number of carbonyl (C=O) groups is 3. The minimum Gasteiger partial charge on any atom is -0.508 e. The highest BCUT2D eigenvalue weighted by atomic mass is 19.4. The van der Waals surface area contributed by atoms with Crippen LogP contribution < -0.4 is 10.2 Å². The number of nitrogens with zero attached hydrogens (tertiary/aromatic N) is 6. The number of piperazine rings is 1. The zero-order chi connectivity index (χ0) is 35.0. The molecule has 0 saturated carbocycles. The molecule has 2 atom stereocenters. The number of hydrogen-bond donors (Lipinski definition) is 2. The second kappa shape index (κ2) is 13.3. The molecule has 2 saturated heterocycles. The van der Waals surface area contributed by atoms with Crippen LogP contribution in [0.15, 0.2) is 78.9 Å². The number of urea groups is 1. The highest BCUT2D eigenvalue weighted by Crippen LogP contribution is 2.33. The van der Waals surface area contributed by atoms with E-state index < -0.39 is 36.5 Å². The van der Waals surface area contributed by atoms with E-state index in [9.17, 15) is 32.7 Å². The highest BCUT2D eigenvalue weighted by molar-refractivity contribution is 5.92. The van der Waals surface area contributed by atoms with Crippen molar-refractivity contribution in [3.8, 4) is 5.75 Å². The topological polar surface area (TPSA) is 113 Å². The molecule has 1 aromatic heterocycles. The summed E-state index contributed by atoms with van der Waals surface area (Å²) in [6.45, 7) is -0.587. The molecule has 4 aromatic rings. The number of halogens is 3. The number of pyridine rings is 1. The minimum absolute atomic E-state index is 0.0452. The number of phenols is 1. The first-order valence-corrected chi connectivity index (χ1v) is 15.7. The molecule has 49 heavy (non-hydrogen) atoms. The Morgan fingerprint density at radius 3 is 2.41 bits per heavy atom. The van der Waals surface area contributed by atoms with Gasteiger partial charge in [-0.05, 0) is 41.5 Å². The number of para-hydroxylation sites is 1. The van der Waals surface area contributed by atoms with Gasteiger partial charge in [0, 0.05) is 51.6 Å². The maximum absolute atomic E-state index is 14.4. The summed E-state index contributed by atoms with van der Waals surface area (Å²) in [6, 6.07) is 19.2. The number of hydrogen-bond acceptors (Lipinski definition) is 7. The summed E-state index contributed by atoms with van der Waals surface area (Å²) in [5.41, 5.74) is 1.25. The van der Waals surface area contributed by atoms with Gasteiger partial charge in [0.1, 0.15) is 23.8 Å². The summed E-state index contributed by atoms with van der Waals surface area (Å²) in [7, 11) is 5.25. The smallest absolute Gasteiger partial charge is 0.416 e. The fourth-order valence-corrected chi connectivity index (χ4v) is 6.56. The number of anilines is 1. The molecule has 2 aliphatic rings. The average molecular weight is 676 g/mol. The van der Waals surface area contributed by atoms with Crippen LogP contribution in [0.2, 0.25) is 0 Å². The van der Waals surface area contributed by atoms with Crippen LogP contribution >= 0.6 is 0 Å². The number of benzene rings is 3. The second-order valence-corrected chi connectivity index (χ2v) is 12.4. The minimum atomic E-state index is -4.61. The van der Waals surface area contributed by atoms with E-state index in [1.165, 1.54) is 45.2 Å². The molecular weight excluding hydrogens is 639 g/mol. The van der Waals surface area contributed by atoms with Crippen molar-refractivity contribution in [2.45, 2.75) is 37.9 Å². The maximum Gasteiger partial charge on any atom is 0.416 e. The molecule has 0 radical (unpaired) electrons. The van der Waals surface area contributed by atoms with Crippen molar-refractivity contribution in [3.05, 3.63) is 101 Å².